The number of aromatic nitrogens is 2. The van der Waals surface area contributed by atoms with Gasteiger partial charge in [-0.1, -0.05) is 11.8 Å². The molecule has 0 aliphatic heterocycles. The van der Waals surface area contributed by atoms with Gasteiger partial charge in [0.2, 0.25) is 0 Å². The zero-order valence-electron chi connectivity index (χ0n) is 9.15. The Morgan fingerprint density at radius 2 is 2.33 bits per heavy atom. The van der Waals surface area contributed by atoms with Crippen LogP contribution in [0, 0.1) is 6.92 Å². The highest BCUT2D eigenvalue weighted by Crippen LogP contribution is 2.18. The van der Waals surface area contributed by atoms with Crippen LogP contribution >= 0.6 is 23.3 Å². The maximum Gasteiger partial charge on any atom is 0.170 e. The highest BCUT2D eigenvalue weighted by Gasteiger charge is 1.99. The van der Waals surface area contributed by atoms with Gasteiger partial charge in [0.15, 0.2) is 4.34 Å². The zero-order valence-corrected chi connectivity index (χ0v) is 10.8. The van der Waals surface area contributed by atoms with E-state index < -0.39 is 0 Å². The summed E-state index contributed by atoms with van der Waals surface area (Å²) in [4.78, 5) is 4.28. The fourth-order valence-electron chi connectivity index (χ4n) is 0.961. The van der Waals surface area contributed by atoms with Gasteiger partial charge in [-0.15, -0.1) is 0 Å². The van der Waals surface area contributed by atoms with Crippen LogP contribution in [0.2, 0.25) is 0 Å². The number of thioether (sulfide) groups is 1. The fourth-order valence-corrected chi connectivity index (χ4v) is 2.58. The van der Waals surface area contributed by atoms with E-state index in [1.54, 1.807) is 11.8 Å². The van der Waals surface area contributed by atoms with E-state index in [2.05, 4.69) is 14.7 Å². The smallest absolute Gasteiger partial charge is 0.170 e. The quantitative estimate of drug-likeness (QED) is 0.558. The fraction of sp³-hybridized carbons (Fsp3) is 0.778. The molecule has 1 aromatic rings. The van der Waals surface area contributed by atoms with E-state index in [1.165, 1.54) is 11.5 Å². The highest BCUT2D eigenvalue weighted by atomic mass is 32.2. The van der Waals surface area contributed by atoms with Crippen LogP contribution in [0.15, 0.2) is 4.34 Å². The average Bonchev–Trinajstić information content (AvgIpc) is 2.63. The molecule has 0 aliphatic carbocycles. The van der Waals surface area contributed by atoms with Gasteiger partial charge in [-0.2, -0.15) is 4.37 Å². The number of rotatable bonds is 8. The molecule has 0 bridgehead atoms. The van der Waals surface area contributed by atoms with Gasteiger partial charge < -0.3 is 10.1 Å². The summed E-state index contributed by atoms with van der Waals surface area (Å²) in [6, 6.07) is 0. The van der Waals surface area contributed by atoms with Crippen molar-refractivity contribution < 1.29 is 4.74 Å². The van der Waals surface area contributed by atoms with Crippen molar-refractivity contribution in [1.29, 1.82) is 0 Å². The lowest BCUT2D eigenvalue weighted by Crippen LogP contribution is -2.22. The molecule has 0 fully saturated rings. The highest BCUT2D eigenvalue weighted by molar-refractivity contribution is 8.00. The van der Waals surface area contributed by atoms with Crippen molar-refractivity contribution in [3.8, 4) is 0 Å². The summed E-state index contributed by atoms with van der Waals surface area (Å²) in [5.74, 6) is 1.90. The second-order valence-electron chi connectivity index (χ2n) is 2.90. The lowest BCUT2D eigenvalue weighted by molar-refractivity contribution is 0.150. The molecule has 86 valence electrons. The third-order valence-electron chi connectivity index (χ3n) is 1.64. The monoisotopic (exact) mass is 247 g/mol. The van der Waals surface area contributed by atoms with Gasteiger partial charge in [0, 0.05) is 25.4 Å². The first-order valence-electron chi connectivity index (χ1n) is 5.04. The minimum absolute atomic E-state index is 0.791. The van der Waals surface area contributed by atoms with Crippen LogP contribution in [-0.2, 0) is 4.74 Å². The van der Waals surface area contributed by atoms with Crippen LogP contribution in [0.4, 0.5) is 0 Å². The van der Waals surface area contributed by atoms with Crippen LogP contribution in [0.3, 0.4) is 0 Å². The molecule has 0 unspecified atom stereocenters. The van der Waals surface area contributed by atoms with Crippen molar-refractivity contribution in [2.45, 2.75) is 18.2 Å². The van der Waals surface area contributed by atoms with Crippen molar-refractivity contribution >= 4 is 23.3 Å². The van der Waals surface area contributed by atoms with Crippen LogP contribution in [0.5, 0.6) is 0 Å². The molecule has 0 aromatic carbocycles. The Morgan fingerprint density at radius 1 is 1.47 bits per heavy atom. The summed E-state index contributed by atoms with van der Waals surface area (Å²) in [7, 11) is 0. The van der Waals surface area contributed by atoms with Crippen LogP contribution in [-0.4, -0.2) is 41.4 Å². The number of hydrogen-bond acceptors (Lipinski definition) is 6. The molecule has 0 saturated carbocycles. The zero-order chi connectivity index (χ0) is 10.9. The van der Waals surface area contributed by atoms with E-state index in [4.69, 9.17) is 4.74 Å². The molecule has 0 spiro atoms. The standard InChI is InChI=1S/C9H17N3OS2/c1-3-13-6-4-10-5-7-14-9-11-8(2)12-15-9/h10H,3-7H2,1-2H3. The van der Waals surface area contributed by atoms with Crippen molar-refractivity contribution in [2.24, 2.45) is 0 Å². The van der Waals surface area contributed by atoms with Crippen molar-refractivity contribution in [2.75, 3.05) is 32.1 Å². The molecule has 0 saturated heterocycles. The van der Waals surface area contributed by atoms with Crippen molar-refractivity contribution in [3.63, 3.8) is 0 Å². The van der Waals surface area contributed by atoms with Crippen molar-refractivity contribution in [3.05, 3.63) is 5.82 Å². The van der Waals surface area contributed by atoms with Crippen molar-refractivity contribution in [1.82, 2.24) is 14.7 Å². The largest absolute Gasteiger partial charge is 0.380 e. The van der Waals surface area contributed by atoms with Gasteiger partial charge >= 0.3 is 0 Å². The van der Waals surface area contributed by atoms with Crippen LogP contribution in [0.25, 0.3) is 0 Å². The number of nitrogens with zero attached hydrogens (tertiary/aromatic N) is 2. The Labute approximate surface area is 99.0 Å². The molecule has 1 heterocycles. The summed E-state index contributed by atoms with van der Waals surface area (Å²) >= 11 is 3.22. The first-order chi connectivity index (χ1) is 7.33. The molecule has 0 radical (unpaired) electrons. The lowest BCUT2D eigenvalue weighted by atomic mass is 10.6. The molecule has 15 heavy (non-hydrogen) atoms. The van der Waals surface area contributed by atoms with E-state index in [-0.39, 0.29) is 0 Å². The van der Waals surface area contributed by atoms with Gasteiger partial charge in [-0.05, 0) is 25.4 Å². The van der Waals surface area contributed by atoms with Crippen LogP contribution < -0.4 is 5.32 Å². The summed E-state index contributed by atoms with van der Waals surface area (Å²) in [5.41, 5.74) is 0. The lowest BCUT2D eigenvalue weighted by Gasteiger charge is -2.03. The maximum atomic E-state index is 5.21. The van der Waals surface area contributed by atoms with E-state index in [0.29, 0.717) is 0 Å². The average molecular weight is 247 g/mol. The maximum absolute atomic E-state index is 5.21. The molecule has 1 aromatic heterocycles. The van der Waals surface area contributed by atoms with E-state index in [9.17, 15) is 0 Å². The first kappa shape index (κ1) is 12.9. The molecule has 6 heteroatoms. The Balaban J connectivity index is 1.93. The molecule has 0 aliphatic rings. The summed E-state index contributed by atoms with van der Waals surface area (Å²) in [5, 5.41) is 3.31. The van der Waals surface area contributed by atoms with E-state index in [0.717, 1.165) is 42.2 Å². The molecule has 0 atom stereocenters. The third-order valence-corrected chi connectivity index (χ3v) is 3.57. The Kier molecular flexibility index (Phi) is 6.91. The molecule has 1 N–H and O–H groups in total. The van der Waals surface area contributed by atoms with Gasteiger partial charge in [-0.3, -0.25) is 0 Å². The van der Waals surface area contributed by atoms with Crippen LogP contribution in [0.1, 0.15) is 12.7 Å². The second kappa shape index (κ2) is 8.04. The SMILES string of the molecule is CCOCCNCCSc1nc(C)ns1. The topological polar surface area (TPSA) is 47.0 Å². The molecule has 4 nitrogen and oxygen atoms in total. The predicted octanol–water partition coefficient (Wildman–Crippen LogP) is 1.56. The predicted molar refractivity (Wildman–Crippen MR) is 64.7 cm³/mol. The second-order valence-corrected chi connectivity index (χ2v) is 5.00. The number of aryl methyl sites for hydroxylation is 1. The van der Waals surface area contributed by atoms with Gasteiger partial charge in [0.1, 0.15) is 5.82 Å². The first-order valence-corrected chi connectivity index (χ1v) is 6.80. The molecule has 0 amide bonds. The summed E-state index contributed by atoms with van der Waals surface area (Å²) in [6.45, 7) is 7.41. The van der Waals surface area contributed by atoms with Gasteiger partial charge in [0.05, 0.1) is 6.61 Å². The molecular weight excluding hydrogens is 230 g/mol. The summed E-state index contributed by atoms with van der Waals surface area (Å²) < 4.78 is 10.4. The molecule has 1 rings (SSSR count). The Bertz CT molecular complexity index is 268. The number of nitrogens with one attached hydrogen (secondary N) is 1. The summed E-state index contributed by atoms with van der Waals surface area (Å²) in [6.07, 6.45) is 0. The van der Waals surface area contributed by atoms with Gasteiger partial charge in [-0.25, -0.2) is 4.98 Å². The van der Waals surface area contributed by atoms with E-state index >= 15 is 0 Å². The van der Waals surface area contributed by atoms with Gasteiger partial charge in [0.25, 0.3) is 0 Å². The number of ether oxygens (including phenoxy) is 1. The minimum atomic E-state index is 0.791. The number of hydrogen-bond donors (Lipinski definition) is 1. The van der Waals surface area contributed by atoms with E-state index in [1.807, 2.05) is 13.8 Å². The Morgan fingerprint density at radius 3 is 3.00 bits per heavy atom. The normalized spacial score (nSPS) is 10.8. The third kappa shape index (κ3) is 6.09. The Hall–Kier alpha value is -0.170. The minimum Gasteiger partial charge on any atom is -0.380 e. The molecular formula is C9H17N3OS2.